The number of rotatable bonds is 0. The van der Waals surface area contributed by atoms with Crippen molar-refractivity contribution in [3.63, 3.8) is 0 Å². The third kappa shape index (κ3) is 12.4. The maximum Gasteiger partial charge on any atom is -0.0140 e. The first-order valence-corrected chi connectivity index (χ1v) is 5.05. The van der Waals surface area contributed by atoms with E-state index >= 15 is 0 Å². The van der Waals surface area contributed by atoms with E-state index in [1.54, 1.807) is 0 Å². The highest BCUT2D eigenvalue weighted by Gasteiger charge is 2.19. The Morgan fingerprint density at radius 2 is 1.15 bits per heavy atom. The van der Waals surface area contributed by atoms with Crippen LogP contribution in [0.15, 0.2) is 0 Å². The Labute approximate surface area is 94.7 Å². The zero-order valence-electron chi connectivity index (χ0n) is 9.89. The number of nitrogens with zero attached hydrogens (tertiary/aromatic N) is 1. The monoisotopic (exact) mass is 251 g/mol. The van der Waals surface area contributed by atoms with E-state index in [1.807, 2.05) is 26.0 Å². The highest BCUT2D eigenvalue weighted by atomic mass is 79.9. The van der Waals surface area contributed by atoms with Crippen LogP contribution in [-0.4, -0.2) is 26.0 Å². The average Bonchev–Trinajstić information content (AvgIpc) is 1.85. The molecule has 1 saturated carbocycles. The third-order valence-electron chi connectivity index (χ3n) is 2.21. The van der Waals surface area contributed by atoms with Crippen LogP contribution in [0, 0.1) is 5.41 Å². The molecular formula is C11H26BrN. The van der Waals surface area contributed by atoms with Gasteiger partial charge in [0.15, 0.2) is 0 Å². The predicted molar refractivity (Wildman–Crippen MR) is 66.8 cm³/mol. The van der Waals surface area contributed by atoms with E-state index in [1.165, 1.54) is 32.1 Å². The van der Waals surface area contributed by atoms with Crippen LogP contribution in [-0.2, 0) is 0 Å². The van der Waals surface area contributed by atoms with E-state index in [-0.39, 0.29) is 17.0 Å². The van der Waals surface area contributed by atoms with E-state index in [0.29, 0.717) is 5.41 Å². The molecule has 0 heterocycles. The fraction of sp³-hybridized carbons (Fsp3) is 1.00. The molecule has 0 saturated heterocycles. The lowest BCUT2D eigenvalue weighted by Gasteiger charge is -2.28. The summed E-state index contributed by atoms with van der Waals surface area (Å²) in [6.07, 6.45) is 7.31. The molecule has 0 bridgehead atoms. The Morgan fingerprint density at radius 1 is 0.846 bits per heavy atom. The first kappa shape index (κ1) is 15.9. The van der Waals surface area contributed by atoms with Crippen molar-refractivity contribution in [2.45, 2.75) is 46.0 Å². The van der Waals surface area contributed by atoms with Crippen molar-refractivity contribution < 1.29 is 0 Å². The maximum absolute atomic E-state index is 2.38. The number of hydrogen-bond acceptors (Lipinski definition) is 1. The molecule has 1 nitrogen and oxygen atoms in total. The normalized spacial score (nSPS) is 19.8. The molecule has 0 radical (unpaired) electrons. The molecule has 2 heteroatoms. The van der Waals surface area contributed by atoms with Gasteiger partial charge in [-0.3, -0.25) is 0 Å². The molecular weight excluding hydrogens is 226 g/mol. The Balaban J connectivity index is 0. The van der Waals surface area contributed by atoms with Gasteiger partial charge in [-0.25, -0.2) is 0 Å². The van der Waals surface area contributed by atoms with Gasteiger partial charge in [0, 0.05) is 0 Å². The van der Waals surface area contributed by atoms with Crippen LogP contribution in [0.25, 0.3) is 0 Å². The number of halogens is 1. The smallest absolute Gasteiger partial charge is 0.0140 e. The van der Waals surface area contributed by atoms with Gasteiger partial charge in [0.2, 0.25) is 0 Å². The standard InChI is InChI=1S/C8H16.C3H9N.BrH/c1-8(2)6-4-3-5-7-8;1-4(2)3;/h3-7H2,1-2H3;1-3H3;1H. The zero-order valence-corrected chi connectivity index (χ0v) is 11.6. The van der Waals surface area contributed by atoms with Crippen molar-refractivity contribution in [3.8, 4) is 0 Å². The lowest BCUT2D eigenvalue weighted by atomic mass is 9.78. The summed E-state index contributed by atoms with van der Waals surface area (Å²) in [7, 11) is 6.00. The first-order chi connectivity index (χ1) is 5.44. The molecule has 0 unspecified atom stereocenters. The summed E-state index contributed by atoms with van der Waals surface area (Å²) in [6, 6.07) is 0. The molecule has 13 heavy (non-hydrogen) atoms. The summed E-state index contributed by atoms with van der Waals surface area (Å²) < 4.78 is 0. The van der Waals surface area contributed by atoms with Gasteiger partial charge in [-0.05, 0) is 39.4 Å². The first-order valence-electron chi connectivity index (χ1n) is 5.05. The molecule has 82 valence electrons. The molecule has 0 atom stereocenters. The van der Waals surface area contributed by atoms with Crippen LogP contribution in [0.2, 0.25) is 0 Å². The van der Waals surface area contributed by atoms with Gasteiger partial charge in [0.25, 0.3) is 0 Å². The Hall–Kier alpha value is 0.440. The highest BCUT2D eigenvalue weighted by molar-refractivity contribution is 8.93. The van der Waals surface area contributed by atoms with E-state index in [9.17, 15) is 0 Å². The minimum atomic E-state index is 0. The van der Waals surface area contributed by atoms with Crippen LogP contribution in [0.5, 0.6) is 0 Å². The molecule has 1 aliphatic rings. The average molecular weight is 252 g/mol. The van der Waals surface area contributed by atoms with Crippen molar-refractivity contribution in [2.75, 3.05) is 21.1 Å². The van der Waals surface area contributed by atoms with Gasteiger partial charge in [-0.15, -0.1) is 17.0 Å². The van der Waals surface area contributed by atoms with E-state index in [4.69, 9.17) is 0 Å². The van der Waals surface area contributed by atoms with Crippen molar-refractivity contribution in [1.82, 2.24) is 4.90 Å². The van der Waals surface area contributed by atoms with Gasteiger partial charge in [0.1, 0.15) is 0 Å². The second kappa shape index (κ2) is 7.81. The SMILES string of the molecule is Br.CC1(C)CCCCC1.CN(C)C. The fourth-order valence-corrected chi connectivity index (χ4v) is 1.51. The third-order valence-corrected chi connectivity index (χ3v) is 2.21. The molecule has 0 aromatic carbocycles. The van der Waals surface area contributed by atoms with Crippen molar-refractivity contribution in [1.29, 1.82) is 0 Å². The molecule has 1 fully saturated rings. The van der Waals surface area contributed by atoms with Crippen LogP contribution < -0.4 is 0 Å². The Morgan fingerprint density at radius 3 is 1.31 bits per heavy atom. The summed E-state index contributed by atoms with van der Waals surface area (Å²) in [5.74, 6) is 0. The quantitative estimate of drug-likeness (QED) is 0.635. The summed E-state index contributed by atoms with van der Waals surface area (Å²) >= 11 is 0. The van der Waals surface area contributed by atoms with Crippen molar-refractivity contribution in [3.05, 3.63) is 0 Å². The van der Waals surface area contributed by atoms with E-state index < -0.39 is 0 Å². The molecule has 1 rings (SSSR count). The largest absolute Gasteiger partial charge is 0.312 e. The summed E-state index contributed by atoms with van der Waals surface area (Å²) in [5, 5.41) is 0. The molecule has 0 aromatic heterocycles. The Bertz CT molecular complexity index is 99.9. The van der Waals surface area contributed by atoms with Crippen molar-refractivity contribution in [2.24, 2.45) is 5.41 Å². The van der Waals surface area contributed by atoms with E-state index in [2.05, 4.69) is 13.8 Å². The van der Waals surface area contributed by atoms with Gasteiger partial charge in [-0.2, -0.15) is 0 Å². The second-order valence-corrected chi connectivity index (χ2v) is 5.07. The highest BCUT2D eigenvalue weighted by Crippen LogP contribution is 2.34. The second-order valence-electron chi connectivity index (χ2n) is 5.07. The lowest BCUT2D eigenvalue weighted by molar-refractivity contribution is 0.244. The van der Waals surface area contributed by atoms with Gasteiger partial charge >= 0.3 is 0 Å². The van der Waals surface area contributed by atoms with Gasteiger partial charge in [0.05, 0.1) is 0 Å². The van der Waals surface area contributed by atoms with Crippen LogP contribution >= 0.6 is 17.0 Å². The zero-order chi connectivity index (χ0) is 9.61. The molecule has 0 N–H and O–H groups in total. The Kier molecular flexibility index (Phi) is 9.55. The molecule has 0 amide bonds. The predicted octanol–water partition coefficient (Wildman–Crippen LogP) is 3.73. The summed E-state index contributed by atoms with van der Waals surface area (Å²) in [5.41, 5.74) is 0.679. The fourth-order valence-electron chi connectivity index (χ4n) is 1.51. The molecule has 1 aliphatic carbocycles. The molecule has 0 aliphatic heterocycles. The maximum atomic E-state index is 2.38. The van der Waals surface area contributed by atoms with Crippen LogP contribution in [0.1, 0.15) is 46.0 Å². The molecule has 0 spiro atoms. The van der Waals surface area contributed by atoms with Crippen LogP contribution in [0.3, 0.4) is 0 Å². The minimum Gasteiger partial charge on any atom is -0.312 e. The van der Waals surface area contributed by atoms with Crippen molar-refractivity contribution >= 4 is 17.0 Å². The van der Waals surface area contributed by atoms with Crippen LogP contribution in [0.4, 0.5) is 0 Å². The van der Waals surface area contributed by atoms with Gasteiger partial charge < -0.3 is 4.90 Å². The lowest BCUT2D eigenvalue weighted by Crippen LogP contribution is -2.14. The number of hydrogen-bond donors (Lipinski definition) is 0. The molecule has 0 aromatic rings. The topological polar surface area (TPSA) is 3.24 Å². The summed E-state index contributed by atoms with van der Waals surface area (Å²) in [4.78, 5) is 2.00. The minimum absolute atomic E-state index is 0. The van der Waals surface area contributed by atoms with E-state index in [0.717, 1.165) is 0 Å². The van der Waals surface area contributed by atoms with Gasteiger partial charge in [-0.1, -0.05) is 33.1 Å². The summed E-state index contributed by atoms with van der Waals surface area (Å²) in [6.45, 7) is 4.76.